The summed E-state index contributed by atoms with van der Waals surface area (Å²) in [7, 11) is -1.91. The third-order valence-electron chi connectivity index (χ3n) is 3.50. The van der Waals surface area contributed by atoms with Crippen molar-refractivity contribution in [2.45, 2.75) is 43.9 Å². The zero-order chi connectivity index (χ0) is 19.5. The lowest BCUT2D eigenvalue weighted by Crippen LogP contribution is -2.58. The molecule has 0 heterocycles. The molecule has 0 aromatic heterocycles. The summed E-state index contributed by atoms with van der Waals surface area (Å²) in [4.78, 5) is 0. The highest BCUT2D eigenvalue weighted by Gasteiger charge is 2.54. The number of rotatable bonds is 7. The van der Waals surface area contributed by atoms with Gasteiger partial charge < -0.3 is 4.74 Å². The highest BCUT2D eigenvalue weighted by Crippen LogP contribution is 2.41. The van der Waals surface area contributed by atoms with Crippen LogP contribution in [0, 0.1) is 17.1 Å². The van der Waals surface area contributed by atoms with Crippen molar-refractivity contribution in [3.63, 3.8) is 0 Å². The standard InChI is InChI=1S/C16H20BrF3N2O2S/c1-14(2,3)25(23)22-15(4,16(19,20)10-24-8-7-21)12-9-11(17)5-6-13(12)18/h5-6,9,22H,8,10H2,1-4H3/t15-,25-/m1/s1. The van der Waals surface area contributed by atoms with Crippen molar-refractivity contribution in [2.75, 3.05) is 13.2 Å². The molecule has 25 heavy (non-hydrogen) atoms. The third kappa shape index (κ3) is 5.26. The predicted octanol–water partition coefficient (Wildman–Crippen LogP) is 4.03. The second-order valence-electron chi connectivity index (χ2n) is 6.59. The van der Waals surface area contributed by atoms with Crippen molar-refractivity contribution in [1.82, 2.24) is 4.72 Å². The fourth-order valence-corrected chi connectivity index (χ4v) is 3.21. The van der Waals surface area contributed by atoms with E-state index >= 15 is 0 Å². The first kappa shape index (κ1) is 22.1. The average molecular weight is 441 g/mol. The van der Waals surface area contributed by atoms with Crippen LogP contribution in [0.4, 0.5) is 13.2 Å². The normalized spacial score (nSPS) is 16.1. The molecule has 0 aliphatic rings. The van der Waals surface area contributed by atoms with Gasteiger partial charge in [0.05, 0.1) is 21.8 Å². The van der Waals surface area contributed by atoms with Crippen molar-refractivity contribution in [2.24, 2.45) is 0 Å². The number of nitriles is 1. The number of benzene rings is 1. The maximum Gasteiger partial charge on any atom is 0.293 e. The number of alkyl halides is 2. The van der Waals surface area contributed by atoms with Crippen LogP contribution in [0.1, 0.15) is 33.3 Å². The van der Waals surface area contributed by atoms with Crippen LogP contribution < -0.4 is 4.72 Å². The Labute approximate surface area is 156 Å². The van der Waals surface area contributed by atoms with Crippen LogP contribution in [0.25, 0.3) is 0 Å². The fraction of sp³-hybridized carbons (Fsp3) is 0.562. The SMILES string of the molecule is CC(C)(C)[S@@](=O)N[C@](C)(c1cc(Br)ccc1F)C(F)(F)COCC#N. The Hall–Kier alpha value is -0.950. The average Bonchev–Trinajstić information content (AvgIpc) is 2.48. The zero-order valence-electron chi connectivity index (χ0n) is 14.3. The third-order valence-corrected chi connectivity index (χ3v) is 5.70. The van der Waals surface area contributed by atoms with Crippen LogP contribution in [-0.2, 0) is 21.3 Å². The minimum atomic E-state index is -3.65. The Morgan fingerprint density at radius 3 is 2.44 bits per heavy atom. The minimum absolute atomic E-state index is 0.356. The molecule has 0 radical (unpaired) electrons. The Bertz CT molecular complexity index is 689. The maximum absolute atomic E-state index is 14.9. The van der Waals surface area contributed by atoms with Crippen molar-refractivity contribution in [1.29, 1.82) is 5.26 Å². The molecule has 9 heteroatoms. The topological polar surface area (TPSA) is 62.1 Å². The Morgan fingerprint density at radius 2 is 1.92 bits per heavy atom. The van der Waals surface area contributed by atoms with E-state index in [1.54, 1.807) is 26.8 Å². The number of hydrogen-bond donors (Lipinski definition) is 1. The van der Waals surface area contributed by atoms with Crippen LogP contribution >= 0.6 is 15.9 Å². The number of nitrogens with zero attached hydrogens (tertiary/aromatic N) is 1. The molecule has 1 aromatic carbocycles. The Balaban J connectivity index is 3.43. The molecule has 0 saturated carbocycles. The second-order valence-corrected chi connectivity index (χ2v) is 9.47. The van der Waals surface area contributed by atoms with Gasteiger partial charge in [-0.2, -0.15) is 5.26 Å². The van der Waals surface area contributed by atoms with Gasteiger partial charge in [-0.05, 0) is 45.9 Å². The Kier molecular flexibility index (Phi) is 7.21. The number of ether oxygens (including phenoxy) is 1. The summed E-state index contributed by atoms with van der Waals surface area (Å²) < 4.78 is 63.3. The molecule has 0 aliphatic carbocycles. The van der Waals surface area contributed by atoms with Gasteiger partial charge in [-0.3, -0.25) is 0 Å². The molecule has 0 fully saturated rings. The van der Waals surface area contributed by atoms with Crippen molar-refractivity contribution >= 4 is 26.9 Å². The predicted molar refractivity (Wildman–Crippen MR) is 93.9 cm³/mol. The molecule has 0 aliphatic heterocycles. The van der Waals surface area contributed by atoms with E-state index in [1.165, 1.54) is 12.1 Å². The molecule has 1 rings (SSSR count). The van der Waals surface area contributed by atoms with E-state index < -0.39 is 46.2 Å². The van der Waals surface area contributed by atoms with E-state index in [9.17, 15) is 17.4 Å². The quantitative estimate of drug-likeness (QED) is 0.650. The van der Waals surface area contributed by atoms with E-state index in [0.717, 1.165) is 13.0 Å². The second kappa shape index (κ2) is 8.16. The lowest BCUT2D eigenvalue weighted by atomic mass is 9.86. The van der Waals surface area contributed by atoms with Crippen LogP contribution in [-0.4, -0.2) is 28.1 Å². The summed E-state index contributed by atoms with van der Waals surface area (Å²) in [5, 5.41) is 8.47. The number of halogens is 4. The summed E-state index contributed by atoms with van der Waals surface area (Å²) in [5.41, 5.74) is -2.68. The van der Waals surface area contributed by atoms with E-state index in [2.05, 4.69) is 25.4 Å². The van der Waals surface area contributed by atoms with Gasteiger partial charge in [0.2, 0.25) is 0 Å². The highest BCUT2D eigenvalue weighted by molar-refractivity contribution is 9.10. The molecule has 140 valence electrons. The molecule has 0 bridgehead atoms. The first-order chi connectivity index (χ1) is 11.3. The van der Waals surface area contributed by atoms with Crippen LogP contribution in [0.15, 0.2) is 22.7 Å². The molecule has 2 atom stereocenters. The largest absolute Gasteiger partial charge is 0.360 e. The molecule has 4 nitrogen and oxygen atoms in total. The monoisotopic (exact) mass is 440 g/mol. The van der Waals surface area contributed by atoms with Gasteiger partial charge in [0.15, 0.2) is 0 Å². The zero-order valence-corrected chi connectivity index (χ0v) is 16.7. The fourth-order valence-electron chi connectivity index (χ4n) is 1.92. The van der Waals surface area contributed by atoms with E-state index in [4.69, 9.17) is 5.26 Å². The van der Waals surface area contributed by atoms with E-state index in [1.807, 2.05) is 0 Å². The summed E-state index contributed by atoms with van der Waals surface area (Å²) in [6.45, 7) is 4.23. The van der Waals surface area contributed by atoms with Gasteiger partial charge >= 0.3 is 0 Å². The van der Waals surface area contributed by atoms with Gasteiger partial charge in [-0.25, -0.2) is 22.1 Å². The molecule has 0 unspecified atom stereocenters. The van der Waals surface area contributed by atoms with E-state index in [0.29, 0.717) is 4.47 Å². The molecular formula is C16H20BrF3N2O2S. The van der Waals surface area contributed by atoms with Crippen molar-refractivity contribution < 1.29 is 22.1 Å². The molecule has 0 saturated heterocycles. The summed E-state index contributed by atoms with van der Waals surface area (Å²) in [6.07, 6.45) is 0. The van der Waals surface area contributed by atoms with Crippen molar-refractivity contribution in [3.05, 3.63) is 34.1 Å². The van der Waals surface area contributed by atoms with Gasteiger partial charge in [-0.1, -0.05) is 15.9 Å². The van der Waals surface area contributed by atoms with Gasteiger partial charge in [0.25, 0.3) is 5.92 Å². The summed E-state index contributed by atoms with van der Waals surface area (Å²) >= 11 is 3.14. The molecule has 0 spiro atoms. The number of nitrogens with one attached hydrogen (secondary N) is 1. The summed E-state index contributed by atoms with van der Waals surface area (Å²) in [5.74, 6) is -4.52. The molecule has 0 amide bonds. The molecule has 1 aromatic rings. The van der Waals surface area contributed by atoms with Crippen LogP contribution in [0.3, 0.4) is 0 Å². The van der Waals surface area contributed by atoms with Gasteiger partial charge in [-0.15, -0.1) is 0 Å². The Morgan fingerprint density at radius 1 is 1.32 bits per heavy atom. The first-order valence-electron chi connectivity index (χ1n) is 7.33. The highest BCUT2D eigenvalue weighted by atomic mass is 79.9. The lowest BCUT2D eigenvalue weighted by molar-refractivity contribution is -0.128. The molecule has 1 N–H and O–H groups in total. The maximum atomic E-state index is 14.9. The smallest absolute Gasteiger partial charge is 0.293 e. The van der Waals surface area contributed by atoms with Crippen molar-refractivity contribution in [3.8, 4) is 6.07 Å². The molecular weight excluding hydrogens is 421 g/mol. The van der Waals surface area contributed by atoms with Gasteiger partial charge in [0, 0.05) is 10.0 Å². The van der Waals surface area contributed by atoms with Crippen LogP contribution in [0.5, 0.6) is 0 Å². The summed E-state index contributed by atoms with van der Waals surface area (Å²) in [6, 6.07) is 5.23. The lowest BCUT2D eigenvalue weighted by Gasteiger charge is -2.39. The number of hydrogen-bond acceptors (Lipinski definition) is 3. The van der Waals surface area contributed by atoms with Gasteiger partial charge in [0.1, 0.15) is 24.6 Å². The minimum Gasteiger partial charge on any atom is -0.360 e. The first-order valence-corrected chi connectivity index (χ1v) is 9.27. The van der Waals surface area contributed by atoms with E-state index in [-0.39, 0.29) is 5.56 Å². The van der Waals surface area contributed by atoms with Crippen LogP contribution in [0.2, 0.25) is 0 Å².